The van der Waals surface area contributed by atoms with E-state index in [0.717, 1.165) is 42.7 Å². The van der Waals surface area contributed by atoms with Crippen molar-refractivity contribution in [2.24, 2.45) is 0 Å². The van der Waals surface area contributed by atoms with Gasteiger partial charge < -0.3 is 15.0 Å². The Hall–Kier alpha value is -0.300. The number of ether oxygens (including phenoxy) is 1. The van der Waals surface area contributed by atoms with Crippen LogP contribution in [0.15, 0.2) is 5.38 Å². The number of thiazole rings is 1. The predicted molar refractivity (Wildman–Crippen MR) is 86.6 cm³/mol. The monoisotopic (exact) mass is 303 g/mol. The summed E-state index contributed by atoms with van der Waals surface area (Å²) in [4.78, 5) is 7.00. The van der Waals surface area contributed by atoms with Crippen LogP contribution in [0.1, 0.15) is 19.0 Å². The van der Waals surface area contributed by atoms with Crippen molar-refractivity contribution in [2.75, 3.05) is 44.2 Å². The minimum absolute atomic E-state index is 0.565. The van der Waals surface area contributed by atoms with Gasteiger partial charge in [-0.25, -0.2) is 4.98 Å². The van der Waals surface area contributed by atoms with Gasteiger partial charge in [-0.1, -0.05) is 6.92 Å². The predicted octanol–water partition coefficient (Wildman–Crippen LogP) is 2.46. The van der Waals surface area contributed by atoms with Crippen molar-refractivity contribution < 1.29 is 4.74 Å². The van der Waals surface area contributed by atoms with Gasteiger partial charge in [-0.15, -0.1) is 11.3 Å². The molecule has 6 heteroatoms. The lowest BCUT2D eigenvalue weighted by atomic mass is 10.2. The van der Waals surface area contributed by atoms with Crippen molar-refractivity contribution in [3.05, 3.63) is 11.1 Å². The number of rotatable bonds is 10. The first-order valence-corrected chi connectivity index (χ1v) is 8.86. The fraction of sp³-hybridized carbons (Fsp3) is 0.769. The van der Waals surface area contributed by atoms with Gasteiger partial charge in [-0.3, -0.25) is 0 Å². The molecule has 0 saturated carbocycles. The van der Waals surface area contributed by atoms with Crippen molar-refractivity contribution >= 4 is 28.2 Å². The molecule has 1 heterocycles. The van der Waals surface area contributed by atoms with Crippen molar-refractivity contribution in [3.63, 3.8) is 0 Å². The zero-order valence-corrected chi connectivity index (χ0v) is 13.9. The molecule has 1 atom stereocenters. The summed E-state index contributed by atoms with van der Waals surface area (Å²) in [6, 6.07) is 0.565. The molecule has 1 aromatic heterocycles. The van der Waals surface area contributed by atoms with E-state index >= 15 is 0 Å². The van der Waals surface area contributed by atoms with Crippen LogP contribution >= 0.6 is 23.1 Å². The molecule has 1 unspecified atom stereocenters. The summed E-state index contributed by atoms with van der Waals surface area (Å²) < 4.78 is 5.01. The van der Waals surface area contributed by atoms with Gasteiger partial charge in [0.1, 0.15) is 0 Å². The molecular weight excluding hydrogens is 278 g/mol. The number of methoxy groups -OCH3 is 1. The number of anilines is 1. The molecule has 0 amide bonds. The second-order valence-corrected chi connectivity index (χ2v) is 6.17. The summed E-state index contributed by atoms with van der Waals surface area (Å²) in [7, 11) is 3.86. The Bertz CT molecular complexity index is 346. The standard InChI is InChI=1S/C13H25N3OS2/c1-5-12(10-18-4)16(2)13-15-11(9-19-13)8-14-6-7-17-3/h9,12,14H,5-8,10H2,1-4H3. The molecule has 0 bridgehead atoms. The van der Waals surface area contributed by atoms with E-state index in [2.05, 4.69) is 35.8 Å². The van der Waals surface area contributed by atoms with Gasteiger partial charge in [0, 0.05) is 44.4 Å². The smallest absolute Gasteiger partial charge is 0.185 e. The number of hydrogen-bond acceptors (Lipinski definition) is 6. The van der Waals surface area contributed by atoms with E-state index in [9.17, 15) is 0 Å². The average Bonchev–Trinajstić information content (AvgIpc) is 2.89. The molecule has 1 rings (SSSR count). The van der Waals surface area contributed by atoms with Crippen molar-refractivity contribution in [1.82, 2.24) is 10.3 Å². The van der Waals surface area contributed by atoms with E-state index in [1.807, 2.05) is 11.8 Å². The first-order chi connectivity index (χ1) is 9.22. The zero-order chi connectivity index (χ0) is 14.1. The highest BCUT2D eigenvalue weighted by Gasteiger charge is 2.15. The molecule has 4 nitrogen and oxygen atoms in total. The summed E-state index contributed by atoms with van der Waals surface area (Å²) >= 11 is 3.62. The van der Waals surface area contributed by atoms with Gasteiger partial charge in [0.15, 0.2) is 5.13 Å². The highest BCUT2D eigenvalue weighted by atomic mass is 32.2. The van der Waals surface area contributed by atoms with Gasteiger partial charge in [0.2, 0.25) is 0 Å². The quantitative estimate of drug-likeness (QED) is 0.672. The fourth-order valence-electron chi connectivity index (χ4n) is 1.78. The molecule has 0 radical (unpaired) electrons. The van der Waals surface area contributed by atoms with Crippen LogP contribution in [0.5, 0.6) is 0 Å². The summed E-state index contributed by atoms with van der Waals surface area (Å²) in [5, 5.41) is 6.57. The lowest BCUT2D eigenvalue weighted by Crippen LogP contribution is -2.33. The van der Waals surface area contributed by atoms with Crippen LogP contribution in [0, 0.1) is 0 Å². The topological polar surface area (TPSA) is 37.4 Å². The van der Waals surface area contributed by atoms with Crippen molar-refractivity contribution in [2.45, 2.75) is 25.9 Å². The van der Waals surface area contributed by atoms with E-state index in [-0.39, 0.29) is 0 Å². The minimum Gasteiger partial charge on any atom is -0.383 e. The second-order valence-electron chi connectivity index (χ2n) is 4.42. The zero-order valence-electron chi connectivity index (χ0n) is 12.3. The molecule has 19 heavy (non-hydrogen) atoms. The molecule has 0 aliphatic rings. The largest absolute Gasteiger partial charge is 0.383 e. The van der Waals surface area contributed by atoms with Gasteiger partial charge in [-0.2, -0.15) is 11.8 Å². The lowest BCUT2D eigenvalue weighted by Gasteiger charge is -2.26. The SMILES string of the molecule is CCC(CSC)N(C)c1nc(CNCCOC)cs1. The molecule has 0 fully saturated rings. The van der Waals surface area contributed by atoms with Crippen molar-refractivity contribution in [1.29, 1.82) is 0 Å². The Kier molecular flexibility index (Phi) is 8.45. The summed E-state index contributed by atoms with van der Waals surface area (Å²) in [6.07, 6.45) is 3.31. The highest BCUT2D eigenvalue weighted by molar-refractivity contribution is 7.98. The Labute approximate surface area is 124 Å². The highest BCUT2D eigenvalue weighted by Crippen LogP contribution is 2.23. The van der Waals surface area contributed by atoms with E-state index in [0.29, 0.717) is 6.04 Å². The molecule has 1 N–H and O–H groups in total. The molecule has 0 aliphatic heterocycles. The Balaban J connectivity index is 2.48. The first-order valence-electron chi connectivity index (χ1n) is 6.58. The lowest BCUT2D eigenvalue weighted by molar-refractivity contribution is 0.199. The third-order valence-electron chi connectivity index (χ3n) is 3.01. The molecule has 0 aliphatic carbocycles. The van der Waals surface area contributed by atoms with Gasteiger partial charge >= 0.3 is 0 Å². The fourth-order valence-corrected chi connectivity index (χ4v) is 3.49. The Morgan fingerprint density at radius 2 is 2.37 bits per heavy atom. The van der Waals surface area contributed by atoms with Crippen LogP contribution in [0.4, 0.5) is 5.13 Å². The molecule has 0 saturated heterocycles. The van der Waals surface area contributed by atoms with E-state index in [1.165, 1.54) is 0 Å². The van der Waals surface area contributed by atoms with E-state index in [1.54, 1.807) is 18.4 Å². The molecule has 0 spiro atoms. The maximum atomic E-state index is 5.01. The number of hydrogen-bond donors (Lipinski definition) is 1. The normalized spacial score (nSPS) is 12.6. The molecule has 1 aromatic rings. The Morgan fingerprint density at radius 3 is 3.00 bits per heavy atom. The molecule has 110 valence electrons. The number of nitrogens with zero attached hydrogens (tertiary/aromatic N) is 2. The van der Waals surface area contributed by atoms with Crippen LogP contribution in [0.25, 0.3) is 0 Å². The van der Waals surface area contributed by atoms with Gasteiger partial charge in [0.05, 0.1) is 12.3 Å². The van der Waals surface area contributed by atoms with Crippen LogP contribution in [-0.4, -0.2) is 50.3 Å². The molecular formula is C13H25N3OS2. The number of aromatic nitrogens is 1. The first kappa shape index (κ1) is 16.8. The maximum absolute atomic E-state index is 5.01. The molecule has 0 aromatic carbocycles. The van der Waals surface area contributed by atoms with Crippen LogP contribution in [-0.2, 0) is 11.3 Å². The van der Waals surface area contributed by atoms with Crippen LogP contribution < -0.4 is 10.2 Å². The third-order valence-corrected chi connectivity index (χ3v) is 4.71. The van der Waals surface area contributed by atoms with Crippen molar-refractivity contribution in [3.8, 4) is 0 Å². The number of thioether (sulfide) groups is 1. The van der Waals surface area contributed by atoms with E-state index in [4.69, 9.17) is 9.72 Å². The number of nitrogens with one attached hydrogen (secondary N) is 1. The summed E-state index contributed by atoms with van der Waals surface area (Å²) in [6.45, 7) is 4.65. The average molecular weight is 303 g/mol. The van der Waals surface area contributed by atoms with Gasteiger partial charge in [-0.05, 0) is 12.7 Å². The maximum Gasteiger partial charge on any atom is 0.185 e. The summed E-state index contributed by atoms with van der Waals surface area (Å²) in [5.74, 6) is 1.15. The van der Waals surface area contributed by atoms with Gasteiger partial charge in [0.25, 0.3) is 0 Å². The van der Waals surface area contributed by atoms with Crippen LogP contribution in [0.2, 0.25) is 0 Å². The van der Waals surface area contributed by atoms with E-state index < -0.39 is 0 Å². The Morgan fingerprint density at radius 1 is 1.58 bits per heavy atom. The minimum atomic E-state index is 0.565. The van der Waals surface area contributed by atoms with Crippen LogP contribution in [0.3, 0.4) is 0 Å². The third kappa shape index (κ3) is 5.69. The summed E-state index contributed by atoms with van der Waals surface area (Å²) in [5.41, 5.74) is 1.11. The second kappa shape index (κ2) is 9.58.